The summed E-state index contributed by atoms with van der Waals surface area (Å²) >= 11 is 0. The molecular formula is C15H19F5O5S. The fraction of sp³-hybridized carbons (Fsp3) is 0.933. The maximum Gasteiger partial charge on any atom is 0.432 e. The summed E-state index contributed by atoms with van der Waals surface area (Å²) in [6.45, 7) is 1.92. The third-order valence-corrected chi connectivity index (χ3v) is 6.86. The van der Waals surface area contributed by atoms with Gasteiger partial charge in [-0.15, -0.1) is 0 Å². The van der Waals surface area contributed by atoms with Crippen LogP contribution in [-0.4, -0.2) is 36.5 Å². The van der Waals surface area contributed by atoms with Crippen molar-refractivity contribution in [2.45, 2.75) is 63.0 Å². The van der Waals surface area contributed by atoms with Gasteiger partial charge in [0.15, 0.2) is 0 Å². The lowest BCUT2D eigenvalue weighted by atomic mass is 9.44. The molecule has 0 spiro atoms. The van der Waals surface area contributed by atoms with Crippen molar-refractivity contribution in [3.8, 4) is 0 Å². The van der Waals surface area contributed by atoms with E-state index in [0.29, 0.717) is 0 Å². The fourth-order valence-corrected chi connectivity index (χ4v) is 6.10. The summed E-state index contributed by atoms with van der Waals surface area (Å²) in [7, 11) is -6.43. The summed E-state index contributed by atoms with van der Waals surface area (Å²) < 4.78 is 100. The molecule has 0 aromatic carbocycles. The highest BCUT2D eigenvalue weighted by Crippen LogP contribution is 2.65. The molecule has 0 aromatic heterocycles. The molecule has 4 aliphatic rings. The molecule has 1 N–H and O–H groups in total. The Hall–Kier alpha value is -0.970. The molecule has 4 rings (SSSR count). The molecule has 26 heavy (non-hydrogen) atoms. The van der Waals surface area contributed by atoms with Crippen LogP contribution in [0.4, 0.5) is 22.0 Å². The van der Waals surface area contributed by atoms with E-state index in [1.165, 1.54) is 0 Å². The van der Waals surface area contributed by atoms with Crippen LogP contribution in [0.15, 0.2) is 0 Å². The van der Waals surface area contributed by atoms with Crippen LogP contribution in [0.5, 0.6) is 0 Å². The Labute approximate surface area is 147 Å². The van der Waals surface area contributed by atoms with E-state index in [2.05, 4.69) is 4.74 Å². The Morgan fingerprint density at radius 3 is 2.00 bits per heavy atom. The SMILES string of the molecule is CC12CC3CC(C1)CC(C(=O)OC(C(F)(F)F)C(F)(F)S(=O)(=O)O)(C3)C2. The van der Waals surface area contributed by atoms with Crippen LogP contribution in [0, 0.1) is 22.7 Å². The number of rotatable bonds is 4. The Kier molecular flexibility index (Phi) is 4.20. The molecule has 4 bridgehead atoms. The first-order valence-corrected chi connectivity index (χ1v) is 9.65. The number of halogens is 5. The first-order valence-electron chi connectivity index (χ1n) is 8.21. The van der Waals surface area contributed by atoms with Gasteiger partial charge in [-0.05, 0) is 55.8 Å². The van der Waals surface area contributed by atoms with Crippen molar-refractivity contribution in [1.82, 2.24) is 0 Å². The molecule has 3 atom stereocenters. The van der Waals surface area contributed by atoms with Crippen LogP contribution < -0.4 is 0 Å². The number of hydrogen-bond donors (Lipinski definition) is 1. The van der Waals surface area contributed by atoms with Gasteiger partial charge < -0.3 is 4.74 Å². The molecule has 5 nitrogen and oxygen atoms in total. The standard InChI is InChI=1S/C15H19F5O5S/c1-12-3-8-2-9(4-12)6-13(5-8,7-12)11(21)25-10(14(16,17)18)15(19,20)26(22,23)24/h8-10H,2-7H2,1H3,(H,22,23,24). The largest absolute Gasteiger partial charge is 0.444 e. The van der Waals surface area contributed by atoms with Crippen molar-refractivity contribution in [3.05, 3.63) is 0 Å². The van der Waals surface area contributed by atoms with Gasteiger partial charge >= 0.3 is 27.5 Å². The number of hydrogen-bond acceptors (Lipinski definition) is 4. The number of carbonyl (C=O) groups is 1. The first-order chi connectivity index (χ1) is 11.6. The summed E-state index contributed by atoms with van der Waals surface area (Å²) in [6, 6.07) is 0. The first kappa shape index (κ1) is 19.8. The Morgan fingerprint density at radius 2 is 1.62 bits per heavy atom. The Bertz CT molecular complexity index is 702. The second-order valence-electron chi connectivity index (χ2n) is 8.42. The lowest BCUT2D eigenvalue weighted by molar-refractivity contribution is -0.267. The van der Waals surface area contributed by atoms with E-state index in [4.69, 9.17) is 4.55 Å². The van der Waals surface area contributed by atoms with Crippen molar-refractivity contribution < 1.29 is 44.5 Å². The van der Waals surface area contributed by atoms with Crippen molar-refractivity contribution in [3.63, 3.8) is 0 Å². The van der Waals surface area contributed by atoms with E-state index < -0.39 is 39.0 Å². The predicted molar refractivity (Wildman–Crippen MR) is 77.7 cm³/mol. The van der Waals surface area contributed by atoms with Crippen molar-refractivity contribution in [1.29, 1.82) is 0 Å². The lowest BCUT2D eigenvalue weighted by Crippen LogP contribution is -2.58. The number of ether oxygens (including phenoxy) is 1. The minimum atomic E-state index is -6.43. The van der Waals surface area contributed by atoms with Gasteiger partial charge in [0, 0.05) is 0 Å². The summed E-state index contributed by atoms with van der Waals surface area (Å²) in [5, 5.41) is -5.69. The van der Waals surface area contributed by atoms with Crippen molar-refractivity contribution in [2.24, 2.45) is 22.7 Å². The fourth-order valence-electron chi connectivity index (χ4n) is 5.65. The van der Waals surface area contributed by atoms with Gasteiger partial charge in [0.25, 0.3) is 6.10 Å². The molecule has 4 aliphatic carbocycles. The highest BCUT2D eigenvalue weighted by Gasteiger charge is 2.68. The topological polar surface area (TPSA) is 80.7 Å². The van der Waals surface area contributed by atoms with E-state index >= 15 is 0 Å². The number of alkyl halides is 5. The minimum Gasteiger partial charge on any atom is -0.444 e. The third kappa shape index (κ3) is 3.10. The Morgan fingerprint density at radius 1 is 1.12 bits per heavy atom. The van der Waals surface area contributed by atoms with E-state index in [1.807, 2.05) is 6.92 Å². The summed E-state index contributed by atoms with van der Waals surface area (Å²) in [6.07, 6.45) is -6.90. The zero-order chi connectivity index (χ0) is 19.8. The van der Waals surface area contributed by atoms with Crippen LogP contribution >= 0.6 is 0 Å². The normalized spacial score (nSPS) is 38.3. The van der Waals surface area contributed by atoms with Crippen molar-refractivity contribution >= 4 is 16.1 Å². The smallest absolute Gasteiger partial charge is 0.432 e. The molecule has 0 heterocycles. The number of esters is 1. The third-order valence-electron chi connectivity index (χ3n) is 5.96. The van der Waals surface area contributed by atoms with E-state index in [9.17, 15) is 35.2 Å². The average Bonchev–Trinajstić information content (AvgIpc) is 2.38. The van der Waals surface area contributed by atoms with E-state index in [1.54, 1.807) is 0 Å². The van der Waals surface area contributed by atoms with Crippen LogP contribution in [0.25, 0.3) is 0 Å². The van der Waals surface area contributed by atoms with E-state index in [-0.39, 0.29) is 36.5 Å². The van der Waals surface area contributed by atoms with Gasteiger partial charge in [-0.25, -0.2) is 0 Å². The second-order valence-corrected chi connectivity index (χ2v) is 9.91. The zero-order valence-corrected chi connectivity index (χ0v) is 14.7. The maximum absolute atomic E-state index is 13.7. The predicted octanol–water partition coefficient (Wildman–Crippen LogP) is 3.55. The molecule has 150 valence electrons. The molecule has 4 fully saturated rings. The quantitative estimate of drug-likeness (QED) is 0.439. The Balaban J connectivity index is 1.90. The zero-order valence-electron chi connectivity index (χ0n) is 13.9. The van der Waals surface area contributed by atoms with E-state index in [0.717, 1.165) is 19.3 Å². The summed E-state index contributed by atoms with van der Waals surface area (Å²) in [4.78, 5) is 12.5. The molecule has 0 saturated heterocycles. The average molecular weight is 406 g/mol. The molecule has 11 heteroatoms. The molecule has 0 amide bonds. The van der Waals surface area contributed by atoms with Gasteiger partial charge in [0.1, 0.15) is 0 Å². The monoisotopic (exact) mass is 406 g/mol. The highest BCUT2D eigenvalue weighted by atomic mass is 32.2. The maximum atomic E-state index is 13.7. The van der Waals surface area contributed by atoms with Crippen LogP contribution in [-0.2, 0) is 19.6 Å². The van der Waals surface area contributed by atoms with Crippen LogP contribution in [0.1, 0.15) is 45.4 Å². The van der Waals surface area contributed by atoms with Gasteiger partial charge in [0.05, 0.1) is 5.41 Å². The van der Waals surface area contributed by atoms with Gasteiger partial charge in [-0.2, -0.15) is 30.4 Å². The second kappa shape index (κ2) is 5.52. The molecule has 0 radical (unpaired) electrons. The summed E-state index contributed by atoms with van der Waals surface area (Å²) in [5.74, 6) is -1.23. The van der Waals surface area contributed by atoms with Crippen LogP contribution in [0.3, 0.4) is 0 Å². The minimum absolute atomic E-state index is 0.111. The number of carbonyl (C=O) groups excluding carboxylic acids is 1. The van der Waals surface area contributed by atoms with Gasteiger partial charge in [-0.3, -0.25) is 9.35 Å². The molecule has 4 saturated carbocycles. The molecular weight excluding hydrogens is 387 g/mol. The summed E-state index contributed by atoms with van der Waals surface area (Å²) in [5.41, 5.74) is -1.57. The molecule has 3 unspecified atom stereocenters. The highest BCUT2D eigenvalue weighted by molar-refractivity contribution is 7.86. The van der Waals surface area contributed by atoms with Gasteiger partial charge in [0.2, 0.25) is 0 Å². The molecule has 0 aliphatic heterocycles. The van der Waals surface area contributed by atoms with Crippen LogP contribution in [0.2, 0.25) is 0 Å². The molecule has 0 aromatic rings. The van der Waals surface area contributed by atoms with Gasteiger partial charge in [-0.1, -0.05) is 6.92 Å². The van der Waals surface area contributed by atoms with Crippen molar-refractivity contribution in [2.75, 3.05) is 0 Å². The lowest BCUT2D eigenvalue weighted by Gasteiger charge is -2.60.